The SMILES string of the molecule is N.O=P([O-])(O)O.O=[N+]([O-])O.[Na+]. The molecule has 11 heavy (non-hydrogen) atoms. The fraction of sp³-hybridized carbons (Fsp3) is 0. The van der Waals surface area contributed by atoms with E-state index in [4.69, 9.17) is 34.6 Å². The van der Waals surface area contributed by atoms with Gasteiger partial charge in [0.1, 0.15) is 0 Å². The van der Waals surface area contributed by atoms with Gasteiger partial charge in [-0.05, 0) is 0 Å². The molecule has 0 atom stereocenters. The molecule has 9 nitrogen and oxygen atoms in total. The van der Waals surface area contributed by atoms with E-state index in [1.165, 1.54) is 0 Å². The van der Waals surface area contributed by atoms with E-state index in [1.54, 1.807) is 0 Å². The van der Waals surface area contributed by atoms with Gasteiger partial charge in [-0.15, -0.1) is 10.1 Å². The van der Waals surface area contributed by atoms with Gasteiger partial charge in [-0.2, -0.15) is 0 Å². The molecule has 0 aliphatic rings. The van der Waals surface area contributed by atoms with Crippen molar-refractivity contribution >= 4 is 7.82 Å². The number of phosphoric acid groups is 1. The first-order chi connectivity index (χ1) is 3.73. The Morgan fingerprint density at radius 2 is 1.36 bits per heavy atom. The van der Waals surface area contributed by atoms with Crippen molar-refractivity contribution in [3.63, 3.8) is 0 Å². The van der Waals surface area contributed by atoms with Gasteiger partial charge in [0, 0.05) is 0 Å². The van der Waals surface area contributed by atoms with Crippen molar-refractivity contribution in [3.05, 3.63) is 10.1 Å². The van der Waals surface area contributed by atoms with Crippen LogP contribution in [0.2, 0.25) is 0 Å². The Labute approximate surface area is 83.3 Å². The van der Waals surface area contributed by atoms with Crippen molar-refractivity contribution in [2.24, 2.45) is 0 Å². The van der Waals surface area contributed by atoms with E-state index in [0.29, 0.717) is 0 Å². The molecular weight excluding hydrogens is 194 g/mol. The van der Waals surface area contributed by atoms with Crippen LogP contribution in [0, 0.1) is 10.1 Å². The Hall–Kier alpha value is 0.270. The summed E-state index contributed by atoms with van der Waals surface area (Å²) in [7, 11) is -4.89. The third-order valence-corrected chi connectivity index (χ3v) is 0. The Balaban J connectivity index is -0.0000000383. The molecule has 0 radical (unpaired) electrons. The number of hydrogen-bond acceptors (Lipinski definition) is 5. The van der Waals surface area contributed by atoms with Crippen LogP contribution in [0.25, 0.3) is 0 Å². The van der Waals surface area contributed by atoms with E-state index in [-0.39, 0.29) is 35.7 Å². The second kappa shape index (κ2) is 10.3. The molecule has 0 aromatic rings. The predicted molar refractivity (Wildman–Crippen MR) is 25.8 cm³/mol. The van der Waals surface area contributed by atoms with Gasteiger partial charge in [0.25, 0.3) is 12.9 Å². The maximum atomic E-state index is 8.77. The van der Waals surface area contributed by atoms with Crippen LogP contribution in [-0.2, 0) is 4.57 Å². The summed E-state index contributed by atoms with van der Waals surface area (Å²) < 4.78 is 8.77. The summed E-state index contributed by atoms with van der Waals surface area (Å²) in [5, 5.41) is 13.6. The first kappa shape index (κ1) is 22.5. The summed E-state index contributed by atoms with van der Waals surface area (Å²) in [5.41, 5.74) is 0. The average Bonchev–Trinajstić information content (AvgIpc) is 1.19. The first-order valence-electron chi connectivity index (χ1n) is 1.33. The molecule has 0 spiro atoms. The molecule has 11 heteroatoms. The summed E-state index contributed by atoms with van der Waals surface area (Å²) in [6, 6.07) is 0. The number of nitrogens with zero attached hydrogens (tertiary/aromatic N) is 1. The summed E-state index contributed by atoms with van der Waals surface area (Å²) >= 11 is 0. The van der Waals surface area contributed by atoms with Gasteiger partial charge >= 0.3 is 29.6 Å². The molecule has 64 valence electrons. The van der Waals surface area contributed by atoms with Gasteiger partial charge in [0.2, 0.25) is 0 Å². The van der Waals surface area contributed by atoms with Gasteiger partial charge in [-0.3, -0.25) is 4.57 Å². The van der Waals surface area contributed by atoms with E-state index in [1.807, 2.05) is 0 Å². The molecular formula is H6N2NaO7P. The van der Waals surface area contributed by atoms with E-state index in [2.05, 4.69) is 0 Å². The van der Waals surface area contributed by atoms with Crippen LogP contribution in [0.1, 0.15) is 0 Å². The molecule has 0 bridgehead atoms. The summed E-state index contributed by atoms with van der Waals surface area (Å²) in [4.78, 5) is 31.3. The predicted octanol–water partition coefficient (Wildman–Crippen LogP) is -4.74. The smallest absolute Gasteiger partial charge is 0.756 e. The van der Waals surface area contributed by atoms with Crippen molar-refractivity contribution in [2.45, 2.75) is 0 Å². The van der Waals surface area contributed by atoms with Crippen molar-refractivity contribution in [1.82, 2.24) is 6.15 Å². The quantitative estimate of drug-likeness (QED) is 0.130. The summed E-state index contributed by atoms with van der Waals surface area (Å²) in [6.07, 6.45) is 0. The second-order valence-corrected chi connectivity index (χ2v) is 1.71. The minimum absolute atomic E-state index is 0. The zero-order valence-electron chi connectivity index (χ0n) is 5.58. The van der Waals surface area contributed by atoms with Gasteiger partial charge in [-0.1, -0.05) is 0 Å². The van der Waals surface area contributed by atoms with Gasteiger partial charge in [0.05, 0.1) is 0 Å². The molecule has 0 unspecified atom stereocenters. The van der Waals surface area contributed by atoms with Gasteiger partial charge in [0.15, 0.2) is 0 Å². The molecule has 0 heterocycles. The van der Waals surface area contributed by atoms with Gasteiger partial charge < -0.3 is 26.0 Å². The molecule has 0 saturated carbocycles. The summed E-state index contributed by atoms with van der Waals surface area (Å²) in [6.45, 7) is 0. The molecule has 6 N–H and O–H groups in total. The third kappa shape index (κ3) is 9640. The van der Waals surface area contributed by atoms with E-state index >= 15 is 0 Å². The molecule has 0 aromatic heterocycles. The van der Waals surface area contributed by atoms with E-state index < -0.39 is 12.9 Å². The molecule has 0 aliphatic carbocycles. The normalized spacial score (nSPS) is 7.55. The van der Waals surface area contributed by atoms with Crippen molar-refractivity contribution in [2.75, 3.05) is 0 Å². The van der Waals surface area contributed by atoms with Crippen molar-refractivity contribution in [3.8, 4) is 0 Å². The molecule has 0 rings (SSSR count). The maximum absolute atomic E-state index is 8.77. The topological polar surface area (TPSA) is 179 Å². The van der Waals surface area contributed by atoms with Crippen molar-refractivity contribution < 1.29 is 59.1 Å². The van der Waals surface area contributed by atoms with Gasteiger partial charge in [-0.25, -0.2) is 0 Å². The second-order valence-electron chi connectivity index (χ2n) is 0.728. The van der Waals surface area contributed by atoms with Crippen LogP contribution in [0.4, 0.5) is 0 Å². The monoisotopic (exact) mass is 200 g/mol. The average molecular weight is 200 g/mol. The standard InChI is InChI=1S/HNO3.H3N.Na.H3O4P/c2-1(3)4;;;1-5(2,3)4/h(H,2,3,4);1H3;;(H3,1,2,3,4)/q;;+1;/p-1. The van der Waals surface area contributed by atoms with E-state index in [0.717, 1.165) is 0 Å². The molecule has 0 fully saturated rings. The van der Waals surface area contributed by atoms with Crippen molar-refractivity contribution in [1.29, 1.82) is 0 Å². The maximum Gasteiger partial charge on any atom is 1.00 e. The Morgan fingerprint density at radius 3 is 1.36 bits per heavy atom. The zero-order valence-corrected chi connectivity index (χ0v) is 8.47. The molecule has 0 amide bonds. The number of rotatable bonds is 0. The first-order valence-corrected chi connectivity index (χ1v) is 2.86. The third-order valence-electron chi connectivity index (χ3n) is 0. The number of hydrogen-bond donors (Lipinski definition) is 4. The Kier molecular flexibility index (Phi) is 21.0. The van der Waals surface area contributed by atoms with Crippen LogP contribution >= 0.6 is 7.82 Å². The molecule has 0 aliphatic heterocycles. The minimum atomic E-state index is -4.89. The van der Waals surface area contributed by atoms with Crippen LogP contribution in [0.15, 0.2) is 0 Å². The fourth-order valence-electron chi connectivity index (χ4n) is 0. The molecule has 0 saturated heterocycles. The van der Waals surface area contributed by atoms with Crippen LogP contribution in [0.5, 0.6) is 0 Å². The largest absolute Gasteiger partial charge is 1.00 e. The Bertz CT molecular complexity index is 116. The summed E-state index contributed by atoms with van der Waals surface area (Å²) in [5.74, 6) is 0. The molecule has 0 aromatic carbocycles. The fourth-order valence-corrected chi connectivity index (χ4v) is 0. The Morgan fingerprint density at radius 1 is 1.36 bits per heavy atom. The van der Waals surface area contributed by atoms with Crippen LogP contribution in [-0.4, -0.2) is 20.1 Å². The van der Waals surface area contributed by atoms with Crippen LogP contribution in [0.3, 0.4) is 0 Å². The van der Waals surface area contributed by atoms with Crippen LogP contribution < -0.4 is 40.6 Å². The zero-order chi connectivity index (χ0) is 8.08. The minimum Gasteiger partial charge on any atom is -0.756 e. The van der Waals surface area contributed by atoms with E-state index in [9.17, 15) is 0 Å².